The molecule has 0 aliphatic carbocycles. The van der Waals surface area contributed by atoms with Gasteiger partial charge in [-0.3, -0.25) is 4.98 Å². The topological polar surface area (TPSA) is 300 Å². The smallest absolute Gasteiger partial charge is 0.183 e. The standard InChI is InChI=1S/C28H29FN6S.3C2H2O4/c29-22-7-5-21(6-8-22)19-35-25-4-2-1-3-23(25)32-27(35)17-20-10-14-34(15-11-20)16-13-31-28-33-24-18-30-12-9-26(24)36-28;3*3-1(4)2(5)6/h1-9,12,18,20H,10-11,13-17,19H2,(H,31,33);3*(H,3,4)(H,5,6)/p-6. The second kappa shape index (κ2) is 20.5. The fourth-order valence-electron chi connectivity index (χ4n) is 5.08. The van der Waals surface area contributed by atoms with Crippen molar-refractivity contribution in [1.82, 2.24) is 24.4 Å². The summed E-state index contributed by atoms with van der Waals surface area (Å²) in [6.45, 7) is 4.83. The van der Waals surface area contributed by atoms with Crippen LogP contribution in [0.25, 0.3) is 21.3 Å². The van der Waals surface area contributed by atoms with E-state index in [2.05, 4.69) is 43.0 Å². The van der Waals surface area contributed by atoms with E-state index in [1.807, 2.05) is 36.7 Å². The van der Waals surface area contributed by atoms with E-state index in [1.54, 1.807) is 11.3 Å². The second-order valence-corrected chi connectivity index (χ2v) is 12.3. The van der Waals surface area contributed by atoms with Crippen molar-refractivity contribution in [2.24, 2.45) is 5.92 Å². The molecule has 0 bridgehead atoms. The van der Waals surface area contributed by atoms with Crippen LogP contribution in [0.15, 0.2) is 67.0 Å². The first-order chi connectivity index (χ1) is 25.6. The molecular weight excluding hydrogens is 735 g/mol. The molecule has 0 saturated carbocycles. The summed E-state index contributed by atoms with van der Waals surface area (Å²) in [4.78, 5) is 69.9. The van der Waals surface area contributed by atoms with Gasteiger partial charge in [-0.15, -0.1) is 0 Å². The number of halogens is 1. The summed E-state index contributed by atoms with van der Waals surface area (Å²) < 4.78 is 16.9. The Morgan fingerprint density at radius 1 is 0.759 bits per heavy atom. The molecule has 0 unspecified atom stereocenters. The molecule has 2 aromatic carbocycles. The first-order valence-corrected chi connectivity index (χ1v) is 16.6. The number of hydrogen-bond donors (Lipinski definition) is 1. The maximum absolute atomic E-state index is 13.4. The minimum absolute atomic E-state index is 0.200. The predicted octanol–water partition coefficient (Wildman–Crippen LogP) is -4.95. The van der Waals surface area contributed by atoms with Crippen LogP contribution >= 0.6 is 11.3 Å². The Hall–Kier alpha value is -6.54. The fourth-order valence-corrected chi connectivity index (χ4v) is 5.94. The van der Waals surface area contributed by atoms with Crippen molar-refractivity contribution in [3.8, 4) is 0 Å². The van der Waals surface area contributed by atoms with E-state index < -0.39 is 35.8 Å². The summed E-state index contributed by atoms with van der Waals surface area (Å²) >= 11 is 1.68. The van der Waals surface area contributed by atoms with E-state index in [0.29, 0.717) is 12.5 Å². The largest absolute Gasteiger partial charge is 0.543 e. The number of anilines is 1. The zero-order valence-corrected chi connectivity index (χ0v) is 28.8. The van der Waals surface area contributed by atoms with Crippen molar-refractivity contribution in [3.63, 3.8) is 0 Å². The number of piperidine rings is 1. The van der Waals surface area contributed by atoms with Gasteiger partial charge in [0.05, 0.1) is 57.7 Å². The van der Waals surface area contributed by atoms with Crippen molar-refractivity contribution in [2.75, 3.05) is 31.5 Å². The third-order valence-electron chi connectivity index (χ3n) is 7.56. The van der Waals surface area contributed by atoms with Crippen molar-refractivity contribution >= 4 is 73.5 Å². The number of pyridine rings is 1. The number of thiazole rings is 1. The molecule has 1 aliphatic heterocycles. The van der Waals surface area contributed by atoms with Crippen LogP contribution in [0.3, 0.4) is 0 Å². The van der Waals surface area contributed by atoms with Gasteiger partial charge in [0.15, 0.2) is 5.13 Å². The molecule has 18 nitrogen and oxygen atoms in total. The van der Waals surface area contributed by atoms with E-state index in [9.17, 15) is 4.39 Å². The van der Waals surface area contributed by atoms with Crippen molar-refractivity contribution in [1.29, 1.82) is 0 Å². The number of fused-ring (bicyclic) bond motifs is 2. The van der Waals surface area contributed by atoms with E-state index in [-0.39, 0.29) is 5.82 Å². The normalized spacial score (nSPS) is 12.5. The molecule has 0 radical (unpaired) electrons. The summed E-state index contributed by atoms with van der Waals surface area (Å²) in [7, 11) is 0. The minimum atomic E-state index is -2.19. The van der Waals surface area contributed by atoms with Gasteiger partial charge in [0.25, 0.3) is 0 Å². The van der Waals surface area contributed by atoms with E-state index in [0.717, 1.165) is 65.7 Å². The number of aromatic nitrogens is 4. The van der Waals surface area contributed by atoms with Crippen molar-refractivity contribution in [2.45, 2.75) is 25.8 Å². The number of hydrogen-bond acceptors (Lipinski definition) is 18. The maximum Gasteiger partial charge on any atom is 0.183 e. The molecule has 0 amide bonds. The molecule has 5 aromatic rings. The lowest BCUT2D eigenvalue weighted by Gasteiger charge is -2.31. The third-order valence-corrected chi connectivity index (χ3v) is 8.55. The number of nitrogens with one attached hydrogen (secondary N) is 1. The van der Waals surface area contributed by atoms with Crippen LogP contribution in [0.5, 0.6) is 0 Å². The highest BCUT2D eigenvalue weighted by Gasteiger charge is 2.22. The molecule has 6 rings (SSSR count). The maximum atomic E-state index is 13.4. The van der Waals surface area contributed by atoms with Crippen LogP contribution in [0.1, 0.15) is 24.2 Å². The average molecular weight is 765 g/mol. The molecule has 20 heteroatoms. The quantitative estimate of drug-likeness (QED) is 0.145. The number of carbonyl (C=O) groups is 6. The van der Waals surface area contributed by atoms with Crippen LogP contribution in [0.4, 0.5) is 9.52 Å². The lowest BCUT2D eigenvalue weighted by molar-refractivity contribution is -0.345. The van der Waals surface area contributed by atoms with Gasteiger partial charge in [0.1, 0.15) is 17.2 Å². The van der Waals surface area contributed by atoms with Crippen LogP contribution in [0.2, 0.25) is 0 Å². The summed E-state index contributed by atoms with van der Waals surface area (Å²) in [6.07, 6.45) is 6.95. The second-order valence-electron chi connectivity index (χ2n) is 11.2. The summed E-state index contributed by atoms with van der Waals surface area (Å²) in [6, 6.07) is 17.1. The number of nitrogens with zero attached hydrogens (tertiary/aromatic N) is 5. The number of carboxylic acid groups (broad SMARTS) is 6. The molecule has 1 aliphatic rings. The number of likely N-dealkylation sites (tertiary alicyclic amines) is 1. The van der Waals surface area contributed by atoms with Gasteiger partial charge in [0.2, 0.25) is 0 Å². The van der Waals surface area contributed by atoms with Gasteiger partial charge in [-0.1, -0.05) is 35.6 Å². The average Bonchev–Trinajstić information content (AvgIpc) is 3.71. The highest BCUT2D eigenvalue weighted by atomic mass is 32.1. The van der Waals surface area contributed by atoms with Gasteiger partial charge in [0, 0.05) is 32.3 Å². The van der Waals surface area contributed by atoms with Crippen molar-refractivity contribution in [3.05, 3.63) is 84.2 Å². The minimum Gasteiger partial charge on any atom is -0.543 e. The monoisotopic (exact) mass is 764 g/mol. The van der Waals surface area contributed by atoms with Crippen LogP contribution in [-0.2, 0) is 41.7 Å². The zero-order chi connectivity index (χ0) is 39.8. The van der Waals surface area contributed by atoms with Gasteiger partial charge in [-0.05, 0) is 67.7 Å². The summed E-state index contributed by atoms with van der Waals surface area (Å²) in [5.41, 5.74) is 4.22. The molecule has 0 spiro atoms. The fraction of sp³-hybridized carbons (Fsp3) is 0.265. The zero-order valence-electron chi connectivity index (χ0n) is 28.0. The number of carboxylic acids is 6. The Labute approximate surface area is 308 Å². The van der Waals surface area contributed by atoms with Crippen LogP contribution in [-0.4, -0.2) is 86.4 Å². The predicted molar refractivity (Wildman–Crippen MR) is 174 cm³/mol. The van der Waals surface area contributed by atoms with E-state index >= 15 is 0 Å². The van der Waals surface area contributed by atoms with Gasteiger partial charge < -0.3 is 74.2 Å². The Morgan fingerprint density at radius 3 is 1.89 bits per heavy atom. The number of aliphatic carboxylic acids is 6. The summed E-state index contributed by atoms with van der Waals surface area (Å²) in [5.74, 6) is -11.6. The molecule has 54 heavy (non-hydrogen) atoms. The number of rotatable bonds is 8. The highest BCUT2D eigenvalue weighted by molar-refractivity contribution is 7.22. The van der Waals surface area contributed by atoms with Crippen LogP contribution < -0.4 is 36.0 Å². The van der Waals surface area contributed by atoms with Crippen molar-refractivity contribution < 1.29 is 63.8 Å². The SMILES string of the molecule is Fc1ccc(Cn2c(CC3CCN(CCNc4nc5cnccc5s4)CC3)nc3ccccc32)cc1.O=C([O-])C(=O)[O-].O=C([O-])C(=O)[O-].O=C([O-])C(=O)[O-]. The summed E-state index contributed by atoms with van der Waals surface area (Å²) in [5, 5.41) is 58.0. The number of carbonyl (C=O) groups excluding carboxylic acids is 6. The Morgan fingerprint density at radius 2 is 1.33 bits per heavy atom. The first kappa shape index (κ1) is 41.9. The molecule has 4 heterocycles. The lowest BCUT2D eigenvalue weighted by atomic mass is 9.93. The van der Waals surface area contributed by atoms with E-state index in [1.165, 1.54) is 29.7 Å². The third kappa shape index (κ3) is 13.5. The molecule has 0 atom stereocenters. The van der Waals surface area contributed by atoms with E-state index in [4.69, 9.17) is 64.4 Å². The highest BCUT2D eigenvalue weighted by Crippen LogP contribution is 2.26. The molecule has 286 valence electrons. The lowest BCUT2D eigenvalue weighted by Crippen LogP contribution is -2.42. The first-order valence-electron chi connectivity index (χ1n) is 15.8. The van der Waals surface area contributed by atoms with Gasteiger partial charge in [-0.25, -0.2) is 14.4 Å². The Bertz CT molecular complexity index is 1950. The molecule has 1 fully saturated rings. The molecule has 3 aromatic heterocycles. The number of imidazole rings is 1. The molecular formula is C34H29FN6O12S-6. The van der Waals surface area contributed by atoms with Gasteiger partial charge >= 0.3 is 0 Å². The molecule has 1 N–H and O–H groups in total. The van der Waals surface area contributed by atoms with Crippen LogP contribution in [0, 0.1) is 11.7 Å². The van der Waals surface area contributed by atoms with Gasteiger partial charge in [-0.2, -0.15) is 0 Å². The Kier molecular flexibility index (Phi) is 15.9. The Balaban J connectivity index is 0.000000363. The number of benzene rings is 2. The molecule has 1 saturated heterocycles. The number of para-hydroxylation sites is 2.